The van der Waals surface area contributed by atoms with Crippen molar-refractivity contribution in [1.29, 1.82) is 0 Å². The highest BCUT2D eigenvalue weighted by atomic mass is 32.2. The number of carbonyl (C=O) groups is 1. The molecule has 1 saturated heterocycles. The van der Waals surface area contributed by atoms with E-state index in [0.717, 1.165) is 31.6 Å². The molecule has 4 nitrogen and oxygen atoms in total. The predicted octanol–water partition coefficient (Wildman–Crippen LogP) is 1.80. The summed E-state index contributed by atoms with van der Waals surface area (Å²) in [5.41, 5.74) is 0.833. The van der Waals surface area contributed by atoms with E-state index in [9.17, 15) is 9.90 Å². The topological polar surface area (TPSA) is 52.6 Å². The van der Waals surface area contributed by atoms with Crippen LogP contribution in [0.3, 0.4) is 0 Å². The number of benzene rings is 1. The number of hydrogen-bond donors (Lipinski definition) is 2. The molecule has 1 fully saturated rings. The van der Waals surface area contributed by atoms with Gasteiger partial charge >= 0.3 is 0 Å². The highest BCUT2D eigenvalue weighted by Crippen LogP contribution is 2.17. The normalized spacial score (nSPS) is 17.4. The van der Waals surface area contributed by atoms with Gasteiger partial charge in [-0.05, 0) is 43.4 Å². The lowest BCUT2D eigenvalue weighted by Crippen LogP contribution is -2.40. The number of nitrogens with zero attached hydrogens (tertiary/aromatic N) is 1. The van der Waals surface area contributed by atoms with Crippen molar-refractivity contribution in [1.82, 2.24) is 4.90 Å². The number of carbonyl (C=O) groups excluding carboxylic acids is 1. The maximum absolute atomic E-state index is 11.9. The monoisotopic (exact) mass is 280 g/mol. The largest absolute Gasteiger partial charge is 0.393 e. The minimum Gasteiger partial charge on any atom is -0.393 e. The van der Waals surface area contributed by atoms with E-state index in [4.69, 9.17) is 0 Å². The fourth-order valence-corrected chi connectivity index (χ4v) is 2.56. The third-order valence-electron chi connectivity index (χ3n) is 3.30. The van der Waals surface area contributed by atoms with E-state index in [0.29, 0.717) is 6.54 Å². The first-order valence-electron chi connectivity index (χ1n) is 6.51. The van der Waals surface area contributed by atoms with Crippen LogP contribution >= 0.6 is 11.8 Å². The third kappa shape index (κ3) is 4.53. The van der Waals surface area contributed by atoms with Gasteiger partial charge in [0, 0.05) is 23.7 Å². The first-order chi connectivity index (χ1) is 9.17. The van der Waals surface area contributed by atoms with E-state index in [1.165, 1.54) is 4.90 Å². The Bertz CT molecular complexity index is 414. The number of aliphatic hydroxyl groups is 1. The lowest BCUT2D eigenvalue weighted by Gasteiger charge is -2.28. The Hall–Kier alpha value is -1.04. The van der Waals surface area contributed by atoms with Gasteiger partial charge in [0.25, 0.3) is 0 Å². The maximum atomic E-state index is 11.9. The van der Waals surface area contributed by atoms with Crippen LogP contribution in [-0.2, 0) is 4.79 Å². The molecule has 19 heavy (non-hydrogen) atoms. The number of rotatable bonds is 4. The molecule has 1 aliphatic rings. The van der Waals surface area contributed by atoms with Crippen LogP contribution in [0.1, 0.15) is 12.8 Å². The molecule has 2 N–H and O–H groups in total. The molecule has 2 rings (SSSR count). The van der Waals surface area contributed by atoms with Crippen LogP contribution in [0.15, 0.2) is 29.2 Å². The number of aliphatic hydroxyl groups excluding tert-OH is 1. The predicted molar refractivity (Wildman–Crippen MR) is 78.5 cm³/mol. The van der Waals surface area contributed by atoms with Crippen molar-refractivity contribution in [2.24, 2.45) is 0 Å². The van der Waals surface area contributed by atoms with Gasteiger partial charge in [-0.15, -0.1) is 11.8 Å². The van der Waals surface area contributed by atoms with Gasteiger partial charge in [0.05, 0.1) is 12.6 Å². The summed E-state index contributed by atoms with van der Waals surface area (Å²) in [5.74, 6) is 0.00768. The molecule has 0 saturated carbocycles. The quantitative estimate of drug-likeness (QED) is 0.826. The molecule has 0 unspecified atom stereocenters. The van der Waals surface area contributed by atoms with Crippen molar-refractivity contribution in [3.8, 4) is 0 Å². The zero-order valence-corrected chi connectivity index (χ0v) is 11.9. The van der Waals surface area contributed by atoms with Crippen molar-refractivity contribution in [3.63, 3.8) is 0 Å². The van der Waals surface area contributed by atoms with Crippen LogP contribution in [0.2, 0.25) is 0 Å². The van der Waals surface area contributed by atoms with Crippen LogP contribution in [0.4, 0.5) is 5.69 Å². The molecule has 0 aliphatic carbocycles. The molecule has 0 aromatic heterocycles. The summed E-state index contributed by atoms with van der Waals surface area (Å²) >= 11 is 1.68. The van der Waals surface area contributed by atoms with Gasteiger partial charge in [0.2, 0.25) is 5.91 Å². The summed E-state index contributed by atoms with van der Waals surface area (Å²) in [6, 6.07) is 7.84. The molecule has 1 aliphatic heterocycles. The van der Waals surface area contributed by atoms with Crippen molar-refractivity contribution in [2.75, 3.05) is 31.2 Å². The fourth-order valence-electron chi connectivity index (χ4n) is 2.16. The molecule has 0 spiro atoms. The summed E-state index contributed by atoms with van der Waals surface area (Å²) in [6.45, 7) is 1.98. The highest BCUT2D eigenvalue weighted by molar-refractivity contribution is 7.98. The minimum absolute atomic E-state index is 0.00768. The Balaban J connectivity index is 1.80. The first-order valence-corrected chi connectivity index (χ1v) is 7.74. The summed E-state index contributed by atoms with van der Waals surface area (Å²) in [7, 11) is 0. The zero-order valence-electron chi connectivity index (χ0n) is 11.1. The van der Waals surface area contributed by atoms with E-state index in [-0.39, 0.29) is 12.0 Å². The first kappa shape index (κ1) is 14.4. The maximum Gasteiger partial charge on any atom is 0.238 e. The Morgan fingerprint density at radius 1 is 1.37 bits per heavy atom. The molecular weight excluding hydrogens is 260 g/mol. The van der Waals surface area contributed by atoms with Gasteiger partial charge in [-0.3, -0.25) is 9.69 Å². The van der Waals surface area contributed by atoms with Crippen molar-refractivity contribution < 1.29 is 9.90 Å². The van der Waals surface area contributed by atoms with E-state index in [1.807, 2.05) is 30.5 Å². The average Bonchev–Trinajstić information content (AvgIpc) is 2.42. The smallest absolute Gasteiger partial charge is 0.238 e. The van der Waals surface area contributed by atoms with E-state index >= 15 is 0 Å². The Morgan fingerprint density at radius 3 is 2.58 bits per heavy atom. The van der Waals surface area contributed by atoms with Crippen molar-refractivity contribution in [3.05, 3.63) is 24.3 Å². The molecule has 1 heterocycles. The Labute approximate surface area is 118 Å². The molecule has 0 bridgehead atoms. The second-order valence-corrected chi connectivity index (χ2v) is 5.66. The molecule has 0 atom stereocenters. The van der Waals surface area contributed by atoms with Gasteiger partial charge in [-0.25, -0.2) is 0 Å². The number of amides is 1. The Morgan fingerprint density at radius 2 is 2.00 bits per heavy atom. The van der Waals surface area contributed by atoms with E-state index < -0.39 is 0 Å². The minimum atomic E-state index is -0.196. The van der Waals surface area contributed by atoms with Gasteiger partial charge in [0.1, 0.15) is 0 Å². The third-order valence-corrected chi connectivity index (χ3v) is 4.04. The summed E-state index contributed by atoms with van der Waals surface area (Å²) in [6.07, 6.45) is 3.35. The average molecular weight is 280 g/mol. The molecular formula is C14H20N2O2S. The molecule has 1 amide bonds. The molecule has 0 radical (unpaired) electrons. The van der Waals surface area contributed by atoms with Gasteiger partial charge < -0.3 is 10.4 Å². The number of anilines is 1. The van der Waals surface area contributed by atoms with Crippen LogP contribution in [0.5, 0.6) is 0 Å². The second kappa shape index (κ2) is 6.93. The van der Waals surface area contributed by atoms with Gasteiger partial charge in [0.15, 0.2) is 0 Å². The van der Waals surface area contributed by atoms with Crippen LogP contribution in [-0.4, -0.2) is 47.9 Å². The van der Waals surface area contributed by atoms with Crippen molar-refractivity contribution in [2.45, 2.75) is 23.8 Å². The standard InChI is InChI=1S/C14H20N2O2S/c1-19-13-4-2-11(3-5-13)15-14(18)10-16-8-6-12(17)7-9-16/h2-5,12,17H,6-10H2,1H3,(H,15,18). The number of nitrogens with one attached hydrogen (secondary N) is 1. The molecule has 5 heteroatoms. The summed E-state index contributed by atoms with van der Waals surface area (Å²) in [4.78, 5) is 15.2. The van der Waals surface area contributed by atoms with Crippen LogP contribution in [0, 0.1) is 0 Å². The van der Waals surface area contributed by atoms with E-state index in [1.54, 1.807) is 11.8 Å². The molecule has 104 valence electrons. The Kier molecular flexibility index (Phi) is 5.24. The molecule has 1 aromatic carbocycles. The van der Waals surface area contributed by atoms with E-state index in [2.05, 4.69) is 10.2 Å². The summed E-state index contributed by atoms with van der Waals surface area (Å²) < 4.78 is 0. The van der Waals surface area contributed by atoms with Gasteiger partial charge in [-0.1, -0.05) is 0 Å². The fraction of sp³-hybridized carbons (Fsp3) is 0.500. The molecule has 1 aromatic rings. The summed E-state index contributed by atoms with van der Waals surface area (Å²) in [5, 5.41) is 12.3. The lowest BCUT2D eigenvalue weighted by atomic mass is 10.1. The van der Waals surface area contributed by atoms with Gasteiger partial charge in [-0.2, -0.15) is 0 Å². The number of likely N-dealkylation sites (tertiary alicyclic amines) is 1. The zero-order chi connectivity index (χ0) is 13.7. The number of hydrogen-bond acceptors (Lipinski definition) is 4. The number of piperidine rings is 1. The SMILES string of the molecule is CSc1ccc(NC(=O)CN2CCC(O)CC2)cc1. The van der Waals surface area contributed by atoms with Crippen LogP contribution in [0.25, 0.3) is 0 Å². The number of thioether (sulfide) groups is 1. The lowest BCUT2D eigenvalue weighted by molar-refractivity contribution is -0.117. The highest BCUT2D eigenvalue weighted by Gasteiger charge is 2.18. The van der Waals surface area contributed by atoms with Crippen LogP contribution < -0.4 is 5.32 Å². The van der Waals surface area contributed by atoms with Crippen molar-refractivity contribution >= 4 is 23.4 Å². The second-order valence-electron chi connectivity index (χ2n) is 4.78.